The summed E-state index contributed by atoms with van der Waals surface area (Å²) in [6.45, 7) is 5.59. The van der Waals surface area contributed by atoms with Gasteiger partial charge in [-0.25, -0.2) is 0 Å². The minimum atomic E-state index is 0.647. The van der Waals surface area contributed by atoms with Gasteiger partial charge in [0.2, 0.25) is 0 Å². The van der Waals surface area contributed by atoms with Gasteiger partial charge in [0, 0.05) is 36.7 Å². The molecule has 0 spiro atoms. The third-order valence-corrected chi connectivity index (χ3v) is 4.13. The maximum absolute atomic E-state index is 6.29. The quantitative estimate of drug-likeness (QED) is 0.602. The Morgan fingerprint density at radius 3 is 2.74 bits per heavy atom. The van der Waals surface area contributed by atoms with Gasteiger partial charge in [-0.15, -0.1) is 0 Å². The lowest BCUT2D eigenvalue weighted by molar-refractivity contribution is 0.128. The van der Waals surface area contributed by atoms with Gasteiger partial charge in [-0.2, -0.15) is 0 Å². The zero-order chi connectivity index (χ0) is 16.5. The Kier molecular flexibility index (Phi) is 7.96. The molecule has 2 rings (SSSR count). The average molecular weight is 355 g/mol. The van der Waals surface area contributed by atoms with Crippen LogP contribution in [-0.4, -0.2) is 24.3 Å². The van der Waals surface area contributed by atoms with Crippen LogP contribution in [0, 0.1) is 0 Å². The van der Waals surface area contributed by atoms with Crippen molar-refractivity contribution >= 4 is 23.2 Å². The fraction of sp³-hybridized carbons (Fsp3) is 0.444. The number of aromatic nitrogens is 1. The number of hydrogen-bond acceptors (Lipinski definition) is 2. The predicted octanol–water partition coefficient (Wildman–Crippen LogP) is 5.08. The summed E-state index contributed by atoms with van der Waals surface area (Å²) in [7, 11) is 0. The van der Waals surface area contributed by atoms with Crippen molar-refractivity contribution in [3.8, 4) is 5.69 Å². The monoisotopic (exact) mass is 354 g/mol. The van der Waals surface area contributed by atoms with Gasteiger partial charge in [-0.05, 0) is 49.7 Å². The van der Waals surface area contributed by atoms with Crippen LogP contribution in [0.5, 0.6) is 0 Å². The number of halogens is 2. The maximum atomic E-state index is 6.29. The lowest BCUT2D eigenvalue weighted by Gasteiger charge is -2.12. The molecule has 1 N–H and O–H groups in total. The molecule has 0 unspecified atom stereocenters. The van der Waals surface area contributed by atoms with Crippen molar-refractivity contribution in [3.05, 3.63) is 52.3 Å². The van der Waals surface area contributed by atoms with Gasteiger partial charge in [0.05, 0.1) is 10.7 Å². The second kappa shape index (κ2) is 9.99. The molecule has 1 aromatic carbocycles. The SMILES string of the molecule is CCCCOCCCNCc1cccn1-c1ccc(Cl)cc1Cl. The van der Waals surface area contributed by atoms with Crippen LogP contribution in [0.2, 0.25) is 10.0 Å². The van der Waals surface area contributed by atoms with Crippen LogP contribution in [0.4, 0.5) is 0 Å². The zero-order valence-electron chi connectivity index (χ0n) is 13.5. The Hall–Kier alpha value is -1.000. The number of nitrogens with one attached hydrogen (secondary N) is 1. The van der Waals surface area contributed by atoms with E-state index < -0.39 is 0 Å². The van der Waals surface area contributed by atoms with Crippen LogP contribution >= 0.6 is 23.2 Å². The molecule has 0 fully saturated rings. The fourth-order valence-corrected chi connectivity index (χ4v) is 2.84. The molecule has 0 radical (unpaired) electrons. The highest BCUT2D eigenvalue weighted by Gasteiger charge is 2.07. The van der Waals surface area contributed by atoms with E-state index in [0.717, 1.165) is 44.8 Å². The van der Waals surface area contributed by atoms with Gasteiger partial charge in [0.25, 0.3) is 0 Å². The van der Waals surface area contributed by atoms with Crippen LogP contribution in [0.15, 0.2) is 36.5 Å². The van der Waals surface area contributed by atoms with Crippen LogP contribution < -0.4 is 5.32 Å². The molecular weight excluding hydrogens is 331 g/mol. The standard InChI is InChI=1S/C18H24Cl2N2O/c1-2-3-11-23-12-5-9-21-14-16-6-4-10-22(16)18-8-7-15(19)13-17(18)20/h4,6-8,10,13,21H,2-3,5,9,11-12,14H2,1H3. The molecular formula is C18H24Cl2N2O. The van der Waals surface area contributed by atoms with Crippen LogP contribution in [0.1, 0.15) is 31.9 Å². The normalized spacial score (nSPS) is 11.1. The first-order chi connectivity index (χ1) is 11.2. The third-order valence-electron chi connectivity index (χ3n) is 3.59. The van der Waals surface area contributed by atoms with Crippen LogP contribution in [0.3, 0.4) is 0 Å². The van der Waals surface area contributed by atoms with E-state index in [1.54, 1.807) is 6.07 Å². The molecule has 3 nitrogen and oxygen atoms in total. The fourth-order valence-electron chi connectivity index (χ4n) is 2.34. The molecule has 2 aromatic rings. The lowest BCUT2D eigenvalue weighted by atomic mass is 10.3. The molecule has 0 aliphatic carbocycles. The third kappa shape index (κ3) is 5.85. The van der Waals surface area contributed by atoms with Gasteiger partial charge >= 0.3 is 0 Å². The van der Waals surface area contributed by atoms with Crippen molar-refractivity contribution < 1.29 is 4.74 Å². The van der Waals surface area contributed by atoms with Gasteiger partial charge in [-0.3, -0.25) is 0 Å². The summed E-state index contributed by atoms with van der Waals surface area (Å²) in [6.07, 6.45) is 5.36. The van der Waals surface area contributed by atoms with Crippen LogP contribution in [-0.2, 0) is 11.3 Å². The van der Waals surface area contributed by atoms with E-state index in [-0.39, 0.29) is 0 Å². The molecule has 0 atom stereocenters. The van der Waals surface area contributed by atoms with E-state index >= 15 is 0 Å². The summed E-state index contributed by atoms with van der Waals surface area (Å²) < 4.78 is 7.64. The molecule has 0 bridgehead atoms. The smallest absolute Gasteiger partial charge is 0.0661 e. The minimum absolute atomic E-state index is 0.647. The zero-order valence-corrected chi connectivity index (χ0v) is 15.0. The van der Waals surface area contributed by atoms with Crippen LogP contribution in [0.25, 0.3) is 5.69 Å². The largest absolute Gasteiger partial charge is 0.381 e. The number of rotatable bonds is 10. The summed E-state index contributed by atoms with van der Waals surface area (Å²) in [5.41, 5.74) is 2.11. The summed E-state index contributed by atoms with van der Waals surface area (Å²) in [6, 6.07) is 9.68. The van der Waals surface area contributed by atoms with E-state index in [9.17, 15) is 0 Å². The molecule has 5 heteroatoms. The van der Waals surface area contributed by atoms with E-state index in [0.29, 0.717) is 10.0 Å². The summed E-state index contributed by atoms with van der Waals surface area (Å²) >= 11 is 12.3. The van der Waals surface area contributed by atoms with E-state index in [1.807, 2.05) is 24.4 Å². The van der Waals surface area contributed by atoms with Crippen molar-refractivity contribution in [1.82, 2.24) is 9.88 Å². The van der Waals surface area contributed by atoms with Gasteiger partial charge < -0.3 is 14.6 Å². The first kappa shape index (κ1) is 18.3. The maximum Gasteiger partial charge on any atom is 0.0661 e. The number of ether oxygens (including phenoxy) is 1. The second-order valence-electron chi connectivity index (χ2n) is 5.46. The molecule has 126 valence electrons. The average Bonchev–Trinajstić information content (AvgIpc) is 2.98. The van der Waals surface area contributed by atoms with E-state index in [1.165, 1.54) is 12.1 Å². The Labute approximate surface area is 148 Å². The molecule has 23 heavy (non-hydrogen) atoms. The van der Waals surface area contributed by atoms with E-state index in [4.69, 9.17) is 27.9 Å². The van der Waals surface area contributed by atoms with Crippen molar-refractivity contribution in [2.75, 3.05) is 19.8 Å². The topological polar surface area (TPSA) is 26.2 Å². The Morgan fingerprint density at radius 2 is 1.96 bits per heavy atom. The highest BCUT2D eigenvalue weighted by atomic mass is 35.5. The number of hydrogen-bond donors (Lipinski definition) is 1. The summed E-state index contributed by atoms with van der Waals surface area (Å²) in [5, 5.41) is 4.75. The molecule has 0 amide bonds. The van der Waals surface area contributed by atoms with Crippen molar-refractivity contribution in [2.24, 2.45) is 0 Å². The van der Waals surface area contributed by atoms with Crippen molar-refractivity contribution in [3.63, 3.8) is 0 Å². The molecule has 1 heterocycles. The Bertz CT molecular complexity index is 598. The Morgan fingerprint density at radius 1 is 1.13 bits per heavy atom. The van der Waals surface area contributed by atoms with Crippen molar-refractivity contribution in [2.45, 2.75) is 32.7 Å². The predicted molar refractivity (Wildman–Crippen MR) is 97.8 cm³/mol. The molecule has 0 saturated heterocycles. The first-order valence-electron chi connectivity index (χ1n) is 8.12. The summed E-state index contributed by atoms with van der Waals surface area (Å²) in [5.74, 6) is 0. The molecule has 0 saturated carbocycles. The van der Waals surface area contributed by atoms with Gasteiger partial charge in [0.1, 0.15) is 0 Å². The highest BCUT2D eigenvalue weighted by Crippen LogP contribution is 2.25. The number of benzene rings is 1. The lowest BCUT2D eigenvalue weighted by Crippen LogP contribution is -2.18. The van der Waals surface area contributed by atoms with Gasteiger partial charge in [-0.1, -0.05) is 36.5 Å². The molecule has 1 aromatic heterocycles. The minimum Gasteiger partial charge on any atom is -0.381 e. The van der Waals surface area contributed by atoms with E-state index in [2.05, 4.69) is 22.9 Å². The summed E-state index contributed by atoms with van der Waals surface area (Å²) in [4.78, 5) is 0. The van der Waals surface area contributed by atoms with Gasteiger partial charge in [0.15, 0.2) is 0 Å². The molecule has 0 aliphatic rings. The van der Waals surface area contributed by atoms with Crippen molar-refractivity contribution in [1.29, 1.82) is 0 Å². The number of nitrogens with zero attached hydrogens (tertiary/aromatic N) is 1. The first-order valence-corrected chi connectivity index (χ1v) is 8.88. The highest BCUT2D eigenvalue weighted by molar-refractivity contribution is 6.35. The Balaban J connectivity index is 1.80. The second-order valence-corrected chi connectivity index (χ2v) is 6.31. The number of unbranched alkanes of at least 4 members (excludes halogenated alkanes) is 1. The molecule has 0 aliphatic heterocycles.